The van der Waals surface area contributed by atoms with Crippen LogP contribution in [0.2, 0.25) is 0 Å². The maximum Gasteiger partial charge on any atom is 0.261 e. The summed E-state index contributed by atoms with van der Waals surface area (Å²) in [5, 5.41) is 11.9. The van der Waals surface area contributed by atoms with Gasteiger partial charge in [0.25, 0.3) is 5.91 Å². The van der Waals surface area contributed by atoms with Gasteiger partial charge in [0, 0.05) is 4.47 Å². The van der Waals surface area contributed by atoms with Gasteiger partial charge in [-0.1, -0.05) is 12.1 Å². The van der Waals surface area contributed by atoms with Crippen molar-refractivity contribution in [1.29, 1.82) is 0 Å². The highest BCUT2D eigenvalue weighted by molar-refractivity contribution is 9.10. The van der Waals surface area contributed by atoms with Crippen molar-refractivity contribution >= 4 is 27.5 Å². The van der Waals surface area contributed by atoms with Crippen LogP contribution in [0.4, 0.5) is 14.5 Å². The molecular formula is C13H8BrF2NO2. The normalized spacial score (nSPS) is 10.3. The van der Waals surface area contributed by atoms with E-state index in [0.29, 0.717) is 4.47 Å². The highest BCUT2D eigenvalue weighted by Crippen LogP contribution is 2.32. The van der Waals surface area contributed by atoms with Gasteiger partial charge < -0.3 is 10.4 Å². The maximum atomic E-state index is 13.4. The summed E-state index contributed by atoms with van der Waals surface area (Å²) in [6.45, 7) is 0. The van der Waals surface area contributed by atoms with Crippen LogP contribution in [0.15, 0.2) is 40.9 Å². The Morgan fingerprint density at radius 1 is 1.11 bits per heavy atom. The number of benzene rings is 2. The summed E-state index contributed by atoms with van der Waals surface area (Å²) in [6, 6.07) is 7.61. The molecular weight excluding hydrogens is 320 g/mol. The smallest absolute Gasteiger partial charge is 0.261 e. The van der Waals surface area contributed by atoms with E-state index < -0.39 is 23.1 Å². The molecule has 0 aromatic heterocycles. The highest BCUT2D eigenvalue weighted by atomic mass is 79.9. The van der Waals surface area contributed by atoms with Crippen molar-refractivity contribution in [2.24, 2.45) is 0 Å². The fraction of sp³-hybridized carbons (Fsp3) is 0. The van der Waals surface area contributed by atoms with Gasteiger partial charge in [-0.2, -0.15) is 0 Å². The molecule has 0 aliphatic heterocycles. The summed E-state index contributed by atoms with van der Waals surface area (Å²) in [5.41, 5.74) is -0.646. The van der Waals surface area contributed by atoms with E-state index in [0.717, 1.165) is 18.2 Å². The number of carbonyl (C=O) groups is 1. The summed E-state index contributed by atoms with van der Waals surface area (Å²) >= 11 is 3.12. The molecule has 0 saturated heterocycles. The molecule has 0 saturated carbocycles. The Balaban J connectivity index is 2.37. The van der Waals surface area contributed by atoms with Crippen LogP contribution in [0.3, 0.4) is 0 Å². The number of rotatable bonds is 2. The minimum Gasteiger partial charge on any atom is -0.506 e. The van der Waals surface area contributed by atoms with Crippen LogP contribution in [-0.4, -0.2) is 11.0 Å². The lowest BCUT2D eigenvalue weighted by molar-refractivity contribution is 0.101. The number of hydrogen-bond donors (Lipinski definition) is 2. The number of anilines is 1. The van der Waals surface area contributed by atoms with Gasteiger partial charge in [0.05, 0.1) is 5.69 Å². The van der Waals surface area contributed by atoms with Gasteiger partial charge in [0.2, 0.25) is 0 Å². The molecule has 0 radical (unpaired) electrons. The lowest BCUT2D eigenvalue weighted by atomic mass is 10.1. The second-order valence-electron chi connectivity index (χ2n) is 3.68. The van der Waals surface area contributed by atoms with Gasteiger partial charge in [-0.3, -0.25) is 4.79 Å². The molecule has 98 valence electrons. The topological polar surface area (TPSA) is 49.3 Å². The molecule has 0 fully saturated rings. The number of nitrogens with one attached hydrogen (secondary N) is 1. The molecule has 0 aliphatic rings. The summed E-state index contributed by atoms with van der Waals surface area (Å²) in [7, 11) is 0. The van der Waals surface area contributed by atoms with E-state index in [1.807, 2.05) is 0 Å². The number of amides is 1. The average Bonchev–Trinajstić information content (AvgIpc) is 2.34. The van der Waals surface area contributed by atoms with Crippen molar-refractivity contribution in [2.75, 3.05) is 5.32 Å². The van der Waals surface area contributed by atoms with Gasteiger partial charge in [-0.25, -0.2) is 8.78 Å². The third-order valence-corrected chi connectivity index (χ3v) is 3.08. The Hall–Kier alpha value is -1.95. The molecule has 0 aliphatic carbocycles. The van der Waals surface area contributed by atoms with Crippen LogP contribution in [0, 0.1) is 11.6 Å². The van der Waals surface area contributed by atoms with E-state index in [4.69, 9.17) is 0 Å². The third kappa shape index (κ3) is 2.73. The Labute approximate surface area is 116 Å². The zero-order valence-corrected chi connectivity index (χ0v) is 11.0. The minimum absolute atomic E-state index is 0.0511. The quantitative estimate of drug-likeness (QED) is 0.826. The van der Waals surface area contributed by atoms with Gasteiger partial charge in [0.1, 0.15) is 22.9 Å². The Bertz CT molecular complexity index is 606. The van der Waals surface area contributed by atoms with Crippen molar-refractivity contribution in [1.82, 2.24) is 0 Å². The Kier molecular flexibility index (Phi) is 3.80. The number of aromatic hydroxyl groups is 1. The van der Waals surface area contributed by atoms with Gasteiger partial charge in [-0.05, 0) is 40.2 Å². The molecule has 3 nitrogen and oxygen atoms in total. The highest BCUT2D eigenvalue weighted by Gasteiger charge is 2.19. The largest absolute Gasteiger partial charge is 0.506 e. The van der Waals surface area contributed by atoms with Gasteiger partial charge in [-0.15, -0.1) is 0 Å². The van der Waals surface area contributed by atoms with E-state index in [1.165, 1.54) is 6.07 Å². The minimum atomic E-state index is -0.974. The predicted octanol–water partition coefficient (Wildman–Crippen LogP) is 3.69. The molecule has 2 aromatic rings. The van der Waals surface area contributed by atoms with E-state index in [-0.39, 0.29) is 11.4 Å². The molecule has 0 bridgehead atoms. The van der Waals surface area contributed by atoms with E-state index in [9.17, 15) is 18.7 Å². The first-order chi connectivity index (χ1) is 9.00. The zero-order valence-electron chi connectivity index (χ0n) is 9.45. The molecule has 2 N–H and O–H groups in total. The number of phenolic OH excluding ortho intramolecular Hbond substituents is 1. The SMILES string of the molecule is O=C(Nc1c(O)cccc1Br)c1c(F)cccc1F. The first-order valence-electron chi connectivity index (χ1n) is 5.23. The average molecular weight is 328 g/mol. The molecule has 6 heteroatoms. The lowest BCUT2D eigenvalue weighted by Crippen LogP contribution is -2.16. The van der Waals surface area contributed by atoms with Gasteiger partial charge in [0.15, 0.2) is 0 Å². The summed E-state index contributed by atoms with van der Waals surface area (Å²) < 4.78 is 27.3. The van der Waals surface area contributed by atoms with Crippen molar-refractivity contribution in [3.05, 3.63) is 58.1 Å². The fourth-order valence-electron chi connectivity index (χ4n) is 1.53. The fourth-order valence-corrected chi connectivity index (χ4v) is 1.98. The molecule has 2 rings (SSSR count). The lowest BCUT2D eigenvalue weighted by Gasteiger charge is -2.10. The summed E-state index contributed by atoms with van der Waals surface area (Å²) in [6.07, 6.45) is 0. The summed E-state index contributed by atoms with van der Waals surface area (Å²) in [4.78, 5) is 11.8. The molecule has 0 heterocycles. The second-order valence-corrected chi connectivity index (χ2v) is 4.54. The molecule has 1 amide bonds. The van der Waals surface area contributed by atoms with E-state index in [1.54, 1.807) is 12.1 Å². The molecule has 19 heavy (non-hydrogen) atoms. The molecule has 0 spiro atoms. The molecule has 0 atom stereocenters. The number of carbonyl (C=O) groups excluding carboxylic acids is 1. The first kappa shape index (κ1) is 13.5. The number of halogens is 3. The number of phenols is 1. The standard InChI is InChI=1S/C13H8BrF2NO2/c14-7-3-1-6-10(18)12(7)17-13(19)11-8(15)4-2-5-9(11)16/h1-6,18H,(H,17,19). The zero-order chi connectivity index (χ0) is 14.0. The van der Waals surface area contributed by atoms with Crippen LogP contribution in [0.25, 0.3) is 0 Å². The second kappa shape index (κ2) is 5.36. The van der Waals surface area contributed by atoms with Gasteiger partial charge >= 0.3 is 0 Å². The number of hydrogen-bond acceptors (Lipinski definition) is 2. The third-order valence-electron chi connectivity index (χ3n) is 2.42. The van der Waals surface area contributed by atoms with Crippen molar-refractivity contribution in [3.8, 4) is 5.75 Å². The summed E-state index contributed by atoms with van der Waals surface area (Å²) in [5.74, 6) is -3.12. The van der Waals surface area contributed by atoms with E-state index in [2.05, 4.69) is 21.2 Å². The first-order valence-corrected chi connectivity index (χ1v) is 6.03. The van der Waals surface area contributed by atoms with Crippen molar-refractivity contribution in [3.63, 3.8) is 0 Å². The Morgan fingerprint density at radius 3 is 2.26 bits per heavy atom. The van der Waals surface area contributed by atoms with Crippen LogP contribution in [0.1, 0.15) is 10.4 Å². The maximum absolute atomic E-state index is 13.4. The van der Waals surface area contributed by atoms with Crippen molar-refractivity contribution < 1.29 is 18.7 Å². The van der Waals surface area contributed by atoms with Crippen LogP contribution in [-0.2, 0) is 0 Å². The van der Waals surface area contributed by atoms with Crippen LogP contribution >= 0.6 is 15.9 Å². The van der Waals surface area contributed by atoms with Crippen molar-refractivity contribution in [2.45, 2.75) is 0 Å². The van der Waals surface area contributed by atoms with Crippen LogP contribution < -0.4 is 5.32 Å². The molecule has 2 aromatic carbocycles. The Morgan fingerprint density at radius 2 is 1.68 bits per heavy atom. The number of para-hydroxylation sites is 1. The van der Waals surface area contributed by atoms with E-state index >= 15 is 0 Å². The van der Waals surface area contributed by atoms with Crippen LogP contribution in [0.5, 0.6) is 5.75 Å². The monoisotopic (exact) mass is 327 g/mol. The predicted molar refractivity (Wildman–Crippen MR) is 70.1 cm³/mol. The molecule has 0 unspecified atom stereocenters.